The van der Waals surface area contributed by atoms with Gasteiger partial charge in [-0.05, 0) is 35.2 Å². The van der Waals surface area contributed by atoms with Crippen LogP contribution in [-0.2, 0) is 0 Å². The normalized spacial score (nSPS) is 24.3. The first kappa shape index (κ1) is 10.8. The van der Waals surface area contributed by atoms with Crippen LogP contribution in [0.4, 0.5) is 0 Å². The van der Waals surface area contributed by atoms with Gasteiger partial charge in [-0.3, -0.25) is 0 Å². The lowest BCUT2D eigenvalue weighted by Crippen LogP contribution is -2.17. The average Bonchev–Trinajstić information content (AvgIpc) is 2.86. The second-order valence-corrected chi connectivity index (χ2v) is 4.96. The van der Waals surface area contributed by atoms with E-state index in [1.807, 2.05) is 0 Å². The lowest BCUT2D eigenvalue weighted by Gasteiger charge is -2.20. The summed E-state index contributed by atoms with van der Waals surface area (Å²) in [4.78, 5) is 0. The zero-order chi connectivity index (χ0) is 11.7. The van der Waals surface area contributed by atoms with Gasteiger partial charge in [-0.15, -0.1) is 0 Å². The van der Waals surface area contributed by atoms with Crippen LogP contribution < -0.4 is 5.32 Å². The van der Waals surface area contributed by atoms with E-state index in [2.05, 4.69) is 54.7 Å². The molecule has 1 aliphatic rings. The SMILES string of the molecule is CC[C@H]1CCN[C@H]1c1cccc2ccccc12. The first-order chi connectivity index (χ1) is 8.40. The Morgan fingerprint density at radius 1 is 1.12 bits per heavy atom. The number of rotatable bonds is 2. The Morgan fingerprint density at radius 2 is 1.94 bits per heavy atom. The highest BCUT2D eigenvalue weighted by atomic mass is 14.9. The molecule has 1 saturated heterocycles. The Labute approximate surface area is 103 Å². The molecule has 1 heterocycles. The summed E-state index contributed by atoms with van der Waals surface area (Å²) < 4.78 is 0. The van der Waals surface area contributed by atoms with Gasteiger partial charge in [0, 0.05) is 6.04 Å². The van der Waals surface area contributed by atoms with Gasteiger partial charge in [0.15, 0.2) is 0 Å². The molecule has 2 atom stereocenters. The molecule has 2 aromatic carbocycles. The molecule has 0 amide bonds. The molecular formula is C16H19N. The molecule has 1 N–H and O–H groups in total. The predicted molar refractivity (Wildman–Crippen MR) is 73.1 cm³/mol. The summed E-state index contributed by atoms with van der Waals surface area (Å²) in [5, 5.41) is 6.43. The summed E-state index contributed by atoms with van der Waals surface area (Å²) in [5.41, 5.74) is 1.48. The van der Waals surface area contributed by atoms with Crippen LogP contribution in [0.2, 0.25) is 0 Å². The summed E-state index contributed by atoms with van der Waals surface area (Å²) in [6, 6.07) is 15.9. The fraction of sp³-hybridized carbons (Fsp3) is 0.375. The van der Waals surface area contributed by atoms with Crippen molar-refractivity contribution in [2.24, 2.45) is 5.92 Å². The molecule has 88 valence electrons. The zero-order valence-corrected chi connectivity index (χ0v) is 10.3. The minimum atomic E-state index is 0.547. The molecule has 3 rings (SSSR count). The molecular weight excluding hydrogens is 206 g/mol. The third-order valence-corrected chi connectivity index (χ3v) is 4.03. The molecule has 1 aliphatic heterocycles. The summed E-state index contributed by atoms with van der Waals surface area (Å²) in [7, 11) is 0. The monoisotopic (exact) mass is 225 g/mol. The van der Waals surface area contributed by atoms with Gasteiger partial charge in [0.1, 0.15) is 0 Å². The zero-order valence-electron chi connectivity index (χ0n) is 10.3. The molecule has 0 bridgehead atoms. The molecule has 0 saturated carbocycles. The summed E-state index contributed by atoms with van der Waals surface area (Å²) in [6.07, 6.45) is 2.57. The highest BCUT2D eigenvalue weighted by Crippen LogP contribution is 2.35. The van der Waals surface area contributed by atoms with Crippen molar-refractivity contribution >= 4 is 10.8 Å². The van der Waals surface area contributed by atoms with E-state index < -0.39 is 0 Å². The van der Waals surface area contributed by atoms with Crippen LogP contribution in [-0.4, -0.2) is 6.54 Å². The van der Waals surface area contributed by atoms with Crippen molar-refractivity contribution < 1.29 is 0 Å². The highest BCUT2D eigenvalue weighted by molar-refractivity contribution is 5.86. The lowest BCUT2D eigenvalue weighted by molar-refractivity contribution is 0.452. The minimum Gasteiger partial charge on any atom is -0.310 e. The van der Waals surface area contributed by atoms with Gasteiger partial charge in [0.2, 0.25) is 0 Å². The fourth-order valence-corrected chi connectivity index (χ4v) is 3.08. The highest BCUT2D eigenvalue weighted by Gasteiger charge is 2.27. The van der Waals surface area contributed by atoms with E-state index in [0.29, 0.717) is 6.04 Å². The predicted octanol–water partition coefficient (Wildman–Crippen LogP) is 3.90. The van der Waals surface area contributed by atoms with E-state index in [1.165, 1.54) is 29.2 Å². The van der Waals surface area contributed by atoms with Crippen LogP contribution in [0.15, 0.2) is 42.5 Å². The van der Waals surface area contributed by atoms with Crippen molar-refractivity contribution in [2.45, 2.75) is 25.8 Å². The molecule has 1 fully saturated rings. The van der Waals surface area contributed by atoms with Crippen molar-refractivity contribution in [3.8, 4) is 0 Å². The second-order valence-electron chi connectivity index (χ2n) is 4.96. The fourth-order valence-electron chi connectivity index (χ4n) is 3.08. The van der Waals surface area contributed by atoms with E-state index in [9.17, 15) is 0 Å². The lowest BCUT2D eigenvalue weighted by atomic mass is 9.89. The van der Waals surface area contributed by atoms with Gasteiger partial charge in [0.25, 0.3) is 0 Å². The standard InChI is InChI=1S/C16H19N/c1-2-12-10-11-17-16(12)15-9-5-7-13-6-3-4-8-14(13)15/h3-9,12,16-17H,2,10-11H2,1H3/t12-,16+/m0/s1. The molecule has 2 aromatic rings. The van der Waals surface area contributed by atoms with Crippen LogP contribution >= 0.6 is 0 Å². The van der Waals surface area contributed by atoms with Crippen molar-refractivity contribution in [3.63, 3.8) is 0 Å². The smallest absolute Gasteiger partial charge is 0.0355 e. The Kier molecular flexibility index (Phi) is 2.86. The van der Waals surface area contributed by atoms with Crippen LogP contribution in [0, 0.1) is 5.92 Å². The number of hydrogen-bond acceptors (Lipinski definition) is 1. The Hall–Kier alpha value is -1.34. The number of hydrogen-bond donors (Lipinski definition) is 1. The van der Waals surface area contributed by atoms with E-state index in [-0.39, 0.29) is 0 Å². The Morgan fingerprint density at radius 3 is 2.82 bits per heavy atom. The summed E-state index contributed by atoms with van der Waals surface area (Å²) in [6.45, 7) is 3.46. The van der Waals surface area contributed by atoms with Crippen LogP contribution in [0.1, 0.15) is 31.4 Å². The summed E-state index contributed by atoms with van der Waals surface area (Å²) in [5.74, 6) is 0.792. The van der Waals surface area contributed by atoms with Crippen molar-refractivity contribution in [1.82, 2.24) is 5.32 Å². The Balaban J connectivity index is 2.10. The molecule has 0 radical (unpaired) electrons. The van der Waals surface area contributed by atoms with Crippen molar-refractivity contribution in [2.75, 3.05) is 6.54 Å². The summed E-state index contributed by atoms with van der Waals surface area (Å²) >= 11 is 0. The second kappa shape index (κ2) is 4.50. The molecule has 1 nitrogen and oxygen atoms in total. The van der Waals surface area contributed by atoms with Gasteiger partial charge in [-0.2, -0.15) is 0 Å². The van der Waals surface area contributed by atoms with Gasteiger partial charge in [-0.25, -0.2) is 0 Å². The molecule has 0 unspecified atom stereocenters. The molecule has 1 heteroatoms. The van der Waals surface area contributed by atoms with E-state index >= 15 is 0 Å². The van der Waals surface area contributed by atoms with Gasteiger partial charge in [0.05, 0.1) is 0 Å². The van der Waals surface area contributed by atoms with Crippen molar-refractivity contribution in [1.29, 1.82) is 0 Å². The quantitative estimate of drug-likeness (QED) is 0.817. The van der Waals surface area contributed by atoms with E-state index in [0.717, 1.165) is 12.5 Å². The minimum absolute atomic E-state index is 0.547. The third-order valence-electron chi connectivity index (χ3n) is 4.03. The van der Waals surface area contributed by atoms with Crippen LogP contribution in [0.5, 0.6) is 0 Å². The third kappa shape index (κ3) is 1.85. The van der Waals surface area contributed by atoms with Gasteiger partial charge >= 0.3 is 0 Å². The number of nitrogens with one attached hydrogen (secondary N) is 1. The topological polar surface area (TPSA) is 12.0 Å². The van der Waals surface area contributed by atoms with Gasteiger partial charge in [-0.1, -0.05) is 55.8 Å². The van der Waals surface area contributed by atoms with Crippen LogP contribution in [0.3, 0.4) is 0 Å². The largest absolute Gasteiger partial charge is 0.310 e. The first-order valence-corrected chi connectivity index (χ1v) is 6.61. The molecule has 17 heavy (non-hydrogen) atoms. The molecule has 0 aliphatic carbocycles. The van der Waals surface area contributed by atoms with Crippen LogP contribution in [0.25, 0.3) is 10.8 Å². The Bertz CT molecular complexity index is 512. The van der Waals surface area contributed by atoms with E-state index in [4.69, 9.17) is 0 Å². The number of benzene rings is 2. The molecule has 0 spiro atoms. The average molecular weight is 225 g/mol. The van der Waals surface area contributed by atoms with E-state index in [1.54, 1.807) is 0 Å². The maximum absolute atomic E-state index is 3.67. The first-order valence-electron chi connectivity index (χ1n) is 6.61. The molecule has 0 aromatic heterocycles. The number of fused-ring (bicyclic) bond motifs is 1. The maximum Gasteiger partial charge on any atom is 0.0355 e. The maximum atomic E-state index is 3.67. The van der Waals surface area contributed by atoms with Crippen molar-refractivity contribution in [3.05, 3.63) is 48.0 Å². The van der Waals surface area contributed by atoms with Gasteiger partial charge < -0.3 is 5.32 Å².